The first-order chi connectivity index (χ1) is 8.57. The van der Waals surface area contributed by atoms with Gasteiger partial charge in [0, 0.05) is 4.90 Å². The number of thioether (sulfide) groups is 1. The van der Waals surface area contributed by atoms with Crippen molar-refractivity contribution in [2.24, 2.45) is 11.1 Å². The van der Waals surface area contributed by atoms with Crippen LogP contribution in [0.15, 0.2) is 29.2 Å². The molecule has 0 aliphatic heterocycles. The van der Waals surface area contributed by atoms with Crippen LogP contribution < -0.4 is 10.5 Å². The maximum absolute atomic E-state index is 5.72. The molecule has 0 saturated carbocycles. The van der Waals surface area contributed by atoms with Gasteiger partial charge < -0.3 is 10.5 Å². The predicted octanol–water partition coefficient (Wildman–Crippen LogP) is 3.94. The van der Waals surface area contributed by atoms with Crippen molar-refractivity contribution < 1.29 is 4.74 Å². The van der Waals surface area contributed by atoms with E-state index in [2.05, 4.69) is 26.0 Å². The molecule has 0 aliphatic carbocycles. The molecular formula is C15H25NOS. The molecule has 0 aliphatic rings. The summed E-state index contributed by atoms with van der Waals surface area (Å²) in [5, 5.41) is 0. The fraction of sp³-hybridized carbons (Fsp3) is 0.600. The van der Waals surface area contributed by atoms with Crippen molar-refractivity contribution in [3.8, 4) is 5.75 Å². The van der Waals surface area contributed by atoms with E-state index in [1.807, 2.05) is 23.9 Å². The second-order valence-electron chi connectivity index (χ2n) is 5.35. The molecule has 0 aromatic heterocycles. The van der Waals surface area contributed by atoms with Crippen molar-refractivity contribution in [3.63, 3.8) is 0 Å². The lowest BCUT2D eigenvalue weighted by atomic mass is 9.88. The van der Waals surface area contributed by atoms with Crippen molar-refractivity contribution in [1.29, 1.82) is 0 Å². The Balaban J connectivity index is 2.17. The molecule has 3 heteroatoms. The SMILES string of the molecule is COc1ccc(SCCCCC(C)(C)CN)cc1. The maximum atomic E-state index is 5.72. The van der Waals surface area contributed by atoms with Gasteiger partial charge in [0.2, 0.25) is 0 Å². The summed E-state index contributed by atoms with van der Waals surface area (Å²) in [7, 11) is 1.70. The van der Waals surface area contributed by atoms with Gasteiger partial charge >= 0.3 is 0 Å². The summed E-state index contributed by atoms with van der Waals surface area (Å²) in [5.74, 6) is 2.09. The third kappa shape index (κ3) is 5.78. The standard InChI is InChI=1S/C15H25NOS/c1-15(2,12-16)10-4-5-11-18-14-8-6-13(17-3)7-9-14/h6-9H,4-5,10-12,16H2,1-3H3. The monoisotopic (exact) mass is 267 g/mol. The minimum atomic E-state index is 0.296. The van der Waals surface area contributed by atoms with Crippen LogP contribution >= 0.6 is 11.8 Å². The minimum Gasteiger partial charge on any atom is -0.497 e. The molecule has 0 heterocycles. The van der Waals surface area contributed by atoms with Crippen molar-refractivity contribution in [3.05, 3.63) is 24.3 Å². The highest BCUT2D eigenvalue weighted by Gasteiger charge is 2.14. The van der Waals surface area contributed by atoms with Crippen LogP contribution in [-0.2, 0) is 0 Å². The van der Waals surface area contributed by atoms with Gasteiger partial charge in [-0.25, -0.2) is 0 Å². The predicted molar refractivity (Wildman–Crippen MR) is 80.4 cm³/mol. The van der Waals surface area contributed by atoms with E-state index in [4.69, 9.17) is 10.5 Å². The van der Waals surface area contributed by atoms with Gasteiger partial charge in [-0.2, -0.15) is 0 Å². The number of rotatable bonds is 8. The number of hydrogen-bond acceptors (Lipinski definition) is 3. The van der Waals surface area contributed by atoms with E-state index in [0.717, 1.165) is 12.3 Å². The van der Waals surface area contributed by atoms with Crippen molar-refractivity contribution >= 4 is 11.8 Å². The number of benzene rings is 1. The van der Waals surface area contributed by atoms with E-state index in [9.17, 15) is 0 Å². The Morgan fingerprint density at radius 3 is 2.39 bits per heavy atom. The van der Waals surface area contributed by atoms with Crippen molar-refractivity contribution in [2.45, 2.75) is 38.0 Å². The van der Waals surface area contributed by atoms with Gasteiger partial charge in [-0.3, -0.25) is 0 Å². The number of methoxy groups -OCH3 is 1. The number of ether oxygens (including phenoxy) is 1. The van der Waals surface area contributed by atoms with E-state index < -0.39 is 0 Å². The molecule has 0 unspecified atom stereocenters. The minimum absolute atomic E-state index is 0.296. The number of hydrogen-bond donors (Lipinski definition) is 1. The molecule has 0 amide bonds. The highest BCUT2D eigenvalue weighted by Crippen LogP contribution is 2.25. The molecule has 2 nitrogen and oxygen atoms in total. The molecule has 0 atom stereocenters. The van der Waals surface area contributed by atoms with Crippen LogP contribution in [0.25, 0.3) is 0 Å². The van der Waals surface area contributed by atoms with E-state index in [0.29, 0.717) is 5.41 Å². The average molecular weight is 267 g/mol. The third-order valence-electron chi connectivity index (χ3n) is 3.13. The lowest BCUT2D eigenvalue weighted by molar-refractivity contribution is 0.336. The summed E-state index contributed by atoms with van der Waals surface area (Å²) >= 11 is 1.91. The van der Waals surface area contributed by atoms with Gasteiger partial charge in [0.15, 0.2) is 0 Å². The Kier molecular flexibility index (Phi) is 6.58. The molecule has 2 N–H and O–H groups in total. The van der Waals surface area contributed by atoms with Crippen molar-refractivity contribution in [2.75, 3.05) is 19.4 Å². The molecule has 0 saturated heterocycles. The van der Waals surface area contributed by atoms with Crippen LogP contribution in [0, 0.1) is 5.41 Å². The zero-order chi connectivity index (χ0) is 13.4. The maximum Gasteiger partial charge on any atom is 0.118 e. The zero-order valence-corrected chi connectivity index (χ0v) is 12.6. The van der Waals surface area contributed by atoms with Gasteiger partial charge in [-0.15, -0.1) is 11.8 Å². The van der Waals surface area contributed by atoms with Gasteiger partial charge in [-0.1, -0.05) is 20.3 Å². The van der Waals surface area contributed by atoms with Crippen LogP contribution in [0.4, 0.5) is 0 Å². The molecule has 1 rings (SSSR count). The molecular weight excluding hydrogens is 242 g/mol. The van der Waals surface area contributed by atoms with Crippen LogP contribution in [0.1, 0.15) is 33.1 Å². The normalized spacial score (nSPS) is 11.6. The second kappa shape index (κ2) is 7.70. The van der Waals surface area contributed by atoms with Gasteiger partial charge in [-0.05, 0) is 54.8 Å². The first kappa shape index (κ1) is 15.4. The fourth-order valence-corrected chi connectivity index (χ4v) is 2.58. The molecule has 1 aromatic carbocycles. The van der Waals surface area contributed by atoms with Gasteiger partial charge in [0.05, 0.1) is 7.11 Å². The molecule has 0 fully saturated rings. The van der Waals surface area contributed by atoms with Crippen molar-refractivity contribution in [1.82, 2.24) is 0 Å². The summed E-state index contributed by atoms with van der Waals surface area (Å²) in [6.45, 7) is 5.26. The quantitative estimate of drug-likeness (QED) is 0.572. The highest BCUT2D eigenvalue weighted by molar-refractivity contribution is 7.99. The largest absolute Gasteiger partial charge is 0.497 e. The summed E-state index contributed by atoms with van der Waals surface area (Å²) < 4.78 is 5.14. The lowest BCUT2D eigenvalue weighted by Crippen LogP contribution is -2.23. The Morgan fingerprint density at radius 2 is 1.83 bits per heavy atom. The summed E-state index contributed by atoms with van der Waals surface area (Å²) in [4.78, 5) is 1.31. The van der Waals surface area contributed by atoms with Gasteiger partial charge in [0.25, 0.3) is 0 Å². The Labute approximate surface area is 115 Å². The van der Waals surface area contributed by atoms with Crippen LogP contribution in [0.5, 0.6) is 5.75 Å². The summed E-state index contributed by atoms with van der Waals surface area (Å²) in [5.41, 5.74) is 6.02. The van der Waals surface area contributed by atoms with Gasteiger partial charge in [0.1, 0.15) is 5.75 Å². The Bertz CT molecular complexity index is 335. The number of nitrogens with two attached hydrogens (primary N) is 1. The molecule has 1 aromatic rings. The Hall–Kier alpha value is -0.670. The van der Waals surface area contributed by atoms with Crippen LogP contribution in [0.2, 0.25) is 0 Å². The van der Waals surface area contributed by atoms with E-state index in [1.54, 1.807) is 7.11 Å². The smallest absolute Gasteiger partial charge is 0.118 e. The topological polar surface area (TPSA) is 35.2 Å². The molecule has 18 heavy (non-hydrogen) atoms. The zero-order valence-electron chi connectivity index (χ0n) is 11.7. The Morgan fingerprint density at radius 1 is 1.17 bits per heavy atom. The van der Waals surface area contributed by atoms with E-state index in [-0.39, 0.29) is 0 Å². The lowest BCUT2D eigenvalue weighted by Gasteiger charge is -2.21. The molecule has 0 radical (unpaired) electrons. The number of unbranched alkanes of at least 4 members (excludes halogenated alkanes) is 1. The van der Waals surface area contributed by atoms with E-state index >= 15 is 0 Å². The summed E-state index contributed by atoms with van der Waals surface area (Å²) in [6, 6.07) is 8.26. The fourth-order valence-electron chi connectivity index (χ4n) is 1.67. The van der Waals surface area contributed by atoms with Crippen LogP contribution in [-0.4, -0.2) is 19.4 Å². The first-order valence-electron chi connectivity index (χ1n) is 6.54. The first-order valence-corrected chi connectivity index (χ1v) is 7.53. The highest BCUT2D eigenvalue weighted by atomic mass is 32.2. The molecule has 0 bridgehead atoms. The third-order valence-corrected chi connectivity index (χ3v) is 4.23. The van der Waals surface area contributed by atoms with Crippen LogP contribution in [0.3, 0.4) is 0 Å². The molecule has 102 valence electrons. The molecule has 0 spiro atoms. The second-order valence-corrected chi connectivity index (χ2v) is 6.52. The average Bonchev–Trinajstić information content (AvgIpc) is 2.39. The van der Waals surface area contributed by atoms with E-state index in [1.165, 1.54) is 29.9 Å². The summed E-state index contributed by atoms with van der Waals surface area (Å²) in [6.07, 6.45) is 3.72.